The number of nitrogens with one attached hydrogen (secondary N) is 1. The van der Waals surface area contributed by atoms with Crippen molar-refractivity contribution in [2.24, 2.45) is 0 Å². The second-order valence-electron chi connectivity index (χ2n) is 4.49. The molecule has 0 spiro atoms. The van der Waals surface area contributed by atoms with Gasteiger partial charge >= 0.3 is 5.97 Å². The maximum Gasteiger partial charge on any atom is 0.306 e. The second kappa shape index (κ2) is 5.37. The van der Waals surface area contributed by atoms with Crippen molar-refractivity contribution < 1.29 is 19.4 Å². The van der Waals surface area contributed by atoms with Gasteiger partial charge in [0.05, 0.1) is 20.1 Å². The maximum atomic E-state index is 10.8. The Morgan fingerprint density at radius 1 is 1.39 bits per heavy atom. The van der Waals surface area contributed by atoms with Crippen LogP contribution in [-0.2, 0) is 16.1 Å². The molecule has 18 heavy (non-hydrogen) atoms. The molecular weight excluding hydrogens is 234 g/mol. The van der Waals surface area contributed by atoms with Gasteiger partial charge in [-0.2, -0.15) is 0 Å². The van der Waals surface area contributed by atoms with E-state index in [0.29, 0.717) is 19.7 Å². The molecule has 5 heteroatoms. The number of hydrogen-bond acceptors (Lipinski definition) is 4. The first-order valence-corrected chi connectivity index (χ1v) is 5.83. The molecule has 0 aromatic heterocycles. The van der Waals surface area contributed by atoms with Crippen molar-refractivity contribution >= 4 is 5.97 Å². The molecule has 0 radical (unpaired) electrons. The third-order valence-electron chi connectivity index (χ3n) is 3.07. The van der Waals surface area contributed by atoms with E-state index in [2.05, 4.69) is 5.32 Å². The van der Waals surface area contributed by atoms with Crippen molar-refractivity contribution in [3.05, 3.63) is 29.8 Å². The Balaban J connectivity index is 1.91. The fourth-order valence-corrected chi connectivity index (χ4v) is 1.92. The van der Waals surface area contributed by atoms with Crippen LogP contribution in [0.15, 0.2) is 24.3 Å². The van der Waals surface area contributed by atoms with Gasteiger partial charge in [-0.15, -0.1) is 0 Å². The Labute approximate surface area is 106 Å². The van der Waals surface area contributed by atoms with Gasteiger partial charge in [-0.25, -0.2) is 0 Å². The van der Waals surface area contributed by atoms with Crippen molar-refractivity contribution in [3.63, 3.8) is 0 Å². The summed E-state index contributed by atoms with van der Waals surface area (Å²) in [6.45, 7) is 1.60. The minimum Gasteiger partial charge on any atom is -0.497 e. The zero-order valence-corrected chi connectivity index (χ0v) is 10.3. The summed E-state index contributed by atoms with van der Waals surface area (Å²) < 4.78 is 10.8. The number of aliphatic carboxylic acids is 1. The van der Waals surface area contributed by atoms with E-state index in [9.17, 15) is 4.79 Å². The Hall–Kier alpha value is -1.59. The molecule has 1 aromatic rings. The van der Waals surface area contributed by atoms with Crippen LogP contribution < -0.4 is 10.1 Å². The lowest BCUT2D eigenvalue weighted by molar-refractivity contribution is -0.152. The van der Waals surface area contributed by atoms with Gasteiger partial charge in [0.2, 0.25) is 0 Å². The van der Waals surface area contributed by atoms with E-state index in [1.165, 1.54) is 0 Å². The highest BCUT2D eigenvalue weighted by atomic mass is 16.5. The van der Waals surface area contributed by atoms with E-state index in [-0.39, 0.29) is 6.42 Å². The highest BCUT2D eigenvalue weighted by Gasteiger charge is 2.40. The number of benzene rings is 1. The summed E-state index contributed by atoms with van der Waals surface area (Å²) >= 11 is 0. The van der Waals surface area contributed by atoms with Crippen molar-refractivity contribution in [2.45, 2.75) is 18.6 Å². The van der Waals surface area contributed by atoms with Crippen LogP contribution in [0.25, 0.3) is 0 Å². The largest absolute Gasteiger partial charge is 0.497 e. The molecule has 0 aliphatic carbocycles. The van der Waals surface area contributed by atoms with Gasteiger partial charge in [0.1, 0.15) is 11.4 Å². The molecule has 0 atom stereocenters. The van der Waals surface area contributed by atoms with Gasteiger partial charge in [-0.05, 0) is 17.7 Å². The summed E-state index contributed by atoms with van der Waals surface area (Å²) in [7, 11) is 1.62. The molecule has 0 unspecified atom stereocenters. The fraction of sp³-hybridized carbons (Fsp3) is 0.462. The number of carbonyl (C=O) groups is 1. The molecule has 0 saturated carbocycles. The smallest absolute Gasteiger partial charge is 0.306 e. The van der Waals surface area contributed by atoms with E-state index in [4.69, 9.17) is 14.6 Å². The Morgan fingerprint density at radius 3 is 2.50 bits per heavy atom. The first kappa shape index (κ1) is 12.9. The third-order valence-corrected chi connectivity index (χ3v) is 3.07. The predicted molar refractivity (Wildman–Crippen MR) is 65.6 cm³/mol. The molecule has 0 bridgehead atoms. The SMILES string of the molecule is COc1ccc(COC2(CC(=O)O)CNC2)cc1. The number of hydrogen-bond donors (Lipinski definition) is 2. The molecule has 1 aliphatic rings. The molecule has 1 aromatic carbocycles. The van der Waals surface area contributed by atoms with E-state index in [1.807, 2.05) is 24.3 Å². The first-order valence-electron chi connectivity index (χ1n) is 5.83. The first-order chi connectivity index (χ1) is 8.63. The van der Waals surface area contributed by atoms with Gasteiger partial charge in [0.25, 0.3) is 0 Å². The van der Waals surface area contributed by atoms with E-state index >= 15 is 0 Å². The lowest BCUT2D eigenvalue weighted by Gasteiger charge is -2.41. The van der Waals surface area contributed by atoms with Crippen LogP contribution >= 0.6 is 0 Å². The standard InChI is InChI=1S/C13H17NO4/c1-17-11-4-2-10(3-5-11)7-18-13(6-12(15)16)8-14-9-13/h2-5,14H,6-9H2,1H3,(H,15,16). The van der Waals surface area contributed by atoms with E-state index in [1.54, 1.807) is 7.11 Å². The summed E-state index contributed by atoms with van der Waals surface area (Å²) in [4.78, 5) is 10.8. The van der Waals surface area contributed by atoms with Gasteiger partial charge in [0, 0.05) is 13.1 Å². The van der Waals surface area contributed by atoms with Crippen LogP contribution in [-0.4, -0.2) is 36.9 Å². The van der Waals surface area contributed by atoms with Gasteiger partial charge < -0.3 is 19.9 Å². The van der Waals surface area contributed by atoms with Crippen LogP contribution in [0.4, 0.5) is 0 Å². The maximum absolute atomic E-state index is 10.8. The average Bonchev–Trinajstić information content (AvgIpc) is 2.32. The zero-order valence-electron chi connectivity index (χ0n) is 10.3. The van der Waals surface area contributed by atoms with Crippen LogP contribution in [0.3, 0.4) is 0 Å². The number of ether oxygens (including phenoxy) is 2. The van der Waals surface area contributed by atoms with E-state index < -0.39 is 11.6 Å². The van der Waals surface area contributed by atoms with Crippen molar-refractivity contribution in [1.82, 2.24) is 5.32 Å². The van der Waals surface area contributed by atoms with Crippen LogP contribution in [0.2, 0.25) is 0 Å². The molecule has 5 nitrogen and oxygen atoms in total. The Bertz CT molecular complexity index is 412. The normalized spacial score (nSPS) is 16.9. The topological polar surface area (TPSA) is 67.8 Å². The third kappa shape index (κ3) is 3.00. The minimum atomic E-state index is -0.828. The van der Waals surface area contributed by atoms with E-state index in [0.717, 1.165) is 11.3 Å². The summed E-state index contributed by atoms with van der Waals surface area (Å²) in [6, 6.07) is 7.56. The van der Waals surface area contributed by atoms with Crippen molar-refractivity contribution in [1.29, 1.82) is 0 Å². The van der Waals surface area contributed by atoms with Gasteiger partial charge in [0.15, 0.2) is 0 Å². The Morgan fingerprint density at radius 2 is 2.06 bits per heavy atom. The van der Waals surface area contributed by atoms with Gasteiger partial charge in [-0.3, -0.25) is 4.79 Å². The monoisotopic (exact) mass is 251 g/mol. The second-order valence-corrected chi connectivity index (χ2v) is 4.49. The number of rotatable bonds is 6. The summed E-state index contributed by atoms with van der Waals surface area (Å²) in [5.41, 5.74) is 0.457. The molecular formula is C13H17NO4. The highest BCUT2D eigenvalue weighted by Crippen LogP contribution is 2.23. The molecule has 1 heterocycles. The number of carboxylic acids is 1. The van der Waals surface area contributed by atoms with Gasteiger partial charge in [-0.1, -0.05) is 12.1 Å². The fourth-order valence-electron chi connectivity index (χ4n) is 1.92. The number of methoxy groups -OCH3 is 1. The molecule has 2 N–H and O–H groups in total. The quantitative estimate of drug-likeness (QED) is 0.790. The van der Waals surface area contributed by atoms with Crippen LogP contribution in [0.1, 0.15) is 12.0 Å². The predicted octanol–water partition coefficient (Wildman–Crippen LogP) is 1.03. The minimum absolute atomic E-state index is 0.0379. The lowest BCUT2D eigenvalue weighted by Crippen LogP contribution is -2.61. The average molecular weight is 251 g/mol. The van der Waals surface area contributed by atoms with Crippen LogP contribution in [0.5, 0.6) is 5.75 Å². The zero-order chi connectivity index (χ0) is 13.0. The lowest BCUT2D eigenvalue weighted by atomic mass is 9.92. The molecule has 0 amide bonds. The molecule has 1 saturated heterocycles. The van der Waals surface area contributed by atoms with Crippen LogP contribution in [0, 0.1) is 0 Å². The molecule has 98 valence electrons. The summed E-state index contributed by atoms with van der Waals surface area (Å²) in [5, 5.41) is 11.9. The molecule has 1 fully saturated rings. The van der Waals surface area contributed by atoms with Crippen molar-refractivity contribution in [2.75, 3.05) is 20.2 Å². The van der Waals surface area contributed by atoms with Crippen molar-refractivity contribution in [3.8, 4) is 5.75 Å². The molecule has 1 aliphatic heterocycles. The summed E-state index contributed by atoms with van der Waals surface area (Å²) in [6.07, 6.45) is 0.0379. The Kier molecular flexibility index (Phi) is 3.84. The number of carboxylic acid groups (broad SMARTS) is 1. The summed E-state index contributed by atoms with van der Waals surface area (Å²) in [5.74, 6) is -0.0319. The molecule has 2 rings (SSSR count). The highest BCUT2D eigenvalue weighted by molar-refractivity contribution is 5.68.